The van der Waals surface area contributed by atoms with Gasteiger partial charge in [-0.15, -0.1) is 22.7 Å². The summed E-state index contributed by atoms with van der Waals surface area (Å²) < 4.78 is 0. The Morgan fingerprint density at radius 2 is 2.00 bits per heavy atom. The number of anilines is 1. The molecule has 3 rings (SSSR count). The van der Waals surface area contributed by atoms with Crippen LogP contribution in [0.3, 0.4) is 0 Å². The van der Waals surface area contributed by atoms with Gasteiger partial charge in [0.25, 0.3) is 5.91 Å². The van der Waals surface area contributed by atoms with E-state index in [9.17, 15) is 9.59 Å². The third-order valence-corrected chi connectivity index (χ3v) is 5.61. The lowest BCUT2D eigenvalue weighted by Gasteiger charge is -2.09. The van der Waals surface area contributed by atoms with Crippen molar-refractivity contribution in [3.05, 3.63) is 58.4 Å². The fourth-order valence-electron chi connectivity index (χ4n) is 2.51. The van der Waals surface area contributed by atoms with Crippen molar-refractivity contribution in [3.63, 3.8) is 0 Å². The van der Waals surface area contributed by atoms with Crippen molar-refractivity contribution in [1.29, 1.82) is 0 Å². The van der Waals surface area contributed by atoms with E-state index in [2.05, 4.69) is 15.6 Å². The molecule has 2 heterocycles. The first-order valence-corrected chi connectivity index (χ1v) is 10.4. The van der Waals surface area contributed by atoms with Crippen LogP contribution in [0.25, 0.3) is 9.88 Å². The number of nitrogens with zero attached hydrogens (tertiary/aromatic N) is 1. The van der Waals surface area contributed by atoms with Gasteiger partial charge < -0.3 is 10.6 Å². The number of aromatic nitrogens is 1. The third kappa shape index (κ3) is 5.48. The zero-order valence-corrected chi connectivity index (χ0v) is 16.8. The Kier molecular flexibility index (Phi) is 6.36. The maximum Gasteiger partial charge on any atom is 0.271 e. The molecule has 7 heteroatoms. The minimum Gasteiger partial charge on any atom is -0.347 e. The number of benzene rings is 1. The van der Waals surface area contributed by atoms with E-state index in [-0.39, 0.29) is 11.8 Å². The van der Waals surface area contributed by atoms with Crippen LogP contribution in [0.1, 0.15) is 36.3 Å². The van der Waals surface area contributed by atoms with E-state index >= 15 is 0 Å². The van der Waals surface area contributed by atoms with Gasteiger partial charge in [0, 0.05) is 24.0 Å². The molecule has 0 spiro atoms. The predicted molar refractivity (Wildman–Crippen MR) is 111 cm³/mol. The maximum absolute atomic E-state index is 12.4. The summed E-state index contributed by atoms with van der Waals surface area (Å²) in [6, 6.07) is 11.5. The average molecular weight is 400 g/mol. The molecule has 3 aromatic rings. The lowest BCUT2D eigenvalue weighted by Crippen LogP contribution is -2.23. The van der Waals surface area contributed by atoms with Gasteiger partial charge in [0.05, 0.1) is 4.88 Å². The molecular formula is C20H21N3O2S2. The summed E-state index contributed by atoms with van der Waals surface area (Å²) in [5.41, 5.74) is 2.07. The van der Waals surface area contributed by atoms with Crippen LogP contribution in [-0.2, 0) is 11.3 Å². The van der Waals surface area contributed by atoms with Gasteiger partial charge in [-0.25, -0.2) is 4.98 Å². The molecule has 0 saturated heterocycles. The van der Waals surface area contributed by atoms with Crippen molar-refractivity contribution in [1.82, 2.24) is 10.3 Å². The molecule has 140 valence electrons. The fraction of sp³-hybridized carbons (Fsp3) is 0.250. The van der Waals surface area contributed by atoms with Gasteiger partial charge in [0.15, 0.2) is 0 Å². The molecule has 2 N–H and O–H groups in total. The molecule has 1 aromatic carbocycles. The van der Waals surface area contributed by atoms with E-state index in [1.807, 2.05) is 55.6 Å². The number of rotatable bonds is 7. The zero-order valence-electron chi connectivity index (χ0n) is 15.2. The second-order valence-electron chi connectivity index (χ2n) is 6.54. The zero-order chi connectivity index (χ0) is 19.2. The third-order valence-electron chi connectivity index (χ3n) is 3.73. The Balaban J connectivity index is 1.57. The highest BCUT2D eigenvalue weighted by molar-refractivity contribution is 7.20. The van der Waals surface area contributed by atoms with Crippen LogP contribution in [0.2, 0.25) is 0 Å². The van der Waals surface area contributed by atoms with Crippen LogP contribution >= 0.6 is 22.7 Å². The molecule has 27 heavy (non-hydrogen) atoms. The van der Waals surface area contributed by atoms with Crippen LogP contribution in [-0.4, -0.2) is 16.8 Å². The Bertz CT molecular complexity index is 917. The molecule has 5 nitrogen and oxygen atoms in total. The van der Waals surface area contributed by atoms with Gasteiger partial charge >= 0.3 is 0 Å². The number of carbonyl (C=O) groups is 2. The maximum atomic E-state index is 12.4. The minimum absolute atomic E-state index is 0.00485. The number of hydrogen-bond donors (Lipinski definition) is 2. The molecular weight excluding hydrogens is 378 g/mol. The molecule has 0 aliphatic heterocycles. The molecule has 0 aliphatic carbocycles. The topological polar surface area (TPSA) is 71.1 Å². The molecule has 0 bridgehead atoms. The highest BCUT2D eigenvalue weighted by Crippen LogP contribution is 2.27. The van der Waals surface area contributed by atoms with Gasteiger partial charge in [-0.2, -0.15) is 0 Å². The van der Waals surface area contributed by atoms with E-state index in [0.717, 1.165) is 21.1 Å². The van der Waals surface area contributed by atoms with E-state index in [1.54, 1.807) is 16.7 Å². The summed E-state index contributed by atoms with van der Waals surface area (Å²) in [6.45, 7) is 4.39. The molecule has 0 radical (unpaired) electrons. The molecule has 2 aromatic heterocycles. The van der Waals surface area contributed by atoms with Crippen molar-refractivity contribution in [3.8, 4) is 9.88 Å². The average Bonchev–Trinajstić information content (AvgIpc) is 3.30. The van der Waals surface area contributed by atoms with E-state index in [1.165, 1.54) is 11.3 Å². The number of nitrogens with one attached hydrogen (secondary N) is 2. The Hall–Kier alpha value is -2.51. The van der Waals surface area contributed by atoms with Crippen molar-refractivity contribution < 1.29 is 9.59 Å². The quantitative estimate of drug-likeness (QED) is 0.600. The smallest absolute Gasteiger partial charge is 0.271 e. The highest BCUT2D eigenvalue weighted by Gasteiger charge is 2.12. The molecule has 0 atom stereocenters. The predicted octanol–water partition coefficient (Wildman–Crippen LogP) is 4.79. The van der Waals surface area contributed by atoms with Crippen LogP contribution in [0.15, 0.2) is 47.2 Å². The largest absolute Gasteiger partial charge is 0.347 e. The summed E-state index contributed by atoms with van der Waals surface area (Å²) in [7, 11) is 0. The number of thiophene rings is 1. The number of hydrogen-bond acceptors (Lipinski definition) is 5. The Morgan fingerprint density at radius 3 is 2.74 bits per heavy atom. The fourth-order valence-corrected chi connectivity index (χ4v) is 4.12. The van der Waals surface area contributed by atoms with Crippen LogP contribution in [0, 0.1) is 5.92 Å². The van der Waals surface area contributed by atoms with Gasteiger partial charge in [0.2, 0.25) is 5.91 Å². The normalized spacial score (nSPS) is 10.8. The molecule has 2 amide bonds. The second-order valence-corrected chi connectivity index (χ2v) is 8.35. The first-order valence-electron chi connectivity index (χ1n) is 8.67. The minimum atomic E-state index is -0.205. The lowest BCUT2D eigenvalue weighted by atomic mass is 10.1. The summed E-state index contributed by atoms with van der Waals surface area (Å²) in [5, 5.41) is 10.4. The number of amides is 2. The summed E-state index contributed by atoms with van der Waals surface area (Å²) in [6.07, 6.45) is 0.483. The standard InChI is InChI=1S/C20H21N3O2S2/c1-13(2)9-18(24)22-15-6-3-5-14(10-15)11-21-19(25)16-12-27-20(23-16)17-7-4-8-26-17/h3-8,10,12-13H,9,11H2,1-2H3,(H,21,25)(H,22,24). The highest BCUT2D eigenvalue weighted by atomic mass is 32.1. The van der Waals surface area contributed by atoms with Crippen LogP contribution < -0.4 is 10.6 Å². The van der Waals surface area contributed by atoms with E-state index in [4.69, 9.17) is 0 Å². The van der Waals surface area contributed by atoms with Crippen LogP contribution in [0.4, 0.5) is 5.69 Å². The number of carbonyl (C=O) groups excluding carboxylic acids is 2. The van der Waals surface area contributed by atoms with Gasteiger partial charge in [-0.3, -0.25) is 9.59 Å². The van der Waals surface area contributed by atoms with Gasteiger partial charge in [-0.05, 0) is 35.1 Å². The van der Waals surface area contributed by atoms with Crippen LogP contribution in [0.5, 0.6) is 0 Å². The lowest BCUT2D eigenvalue weighted by molar-refractivity contribution is -0.116. The first-order chi connectivity index (χ1) is 13.0. The summed E-state index contributed by atoms with van der Waals surface area (Å²) >= 11 is 3.07. The monoisotopic (exact) mass is 399 g/mol. The van der Waals surface area contributed by atoms with E-state index < -0.39 is 0 Å². The second kappa shape index (κ2) is 8.92. The van der Waals surface area contributed by atoms with Gasteiger partial charge in [-0.1, -0.05) is 32.0 Å². The molecule has 0 fully saturated rings. The first kappa shape index (κ1) is 19.3. The van der Waals surface area contributed by atoms with Gasteiger partial charge in [0.1, 0.15) is 10.7 Å². The number of thiazole rings is 1. The van der Waals surface area contributed by atoms with Crippen molar-refractivity contribution >= 4 is 40.2 Å². The molecule has 0 aliphatic rings. The Labute approximate surface area is 166 Å². The van der Waals surface area contributed by atoms with Crippen molar-refractivity contribution in [2.45, 2.75) is 26.8 Å². The SMILES string of the molecule is CC(C)CC(=O)Nc1cccc(CNC(=O)c2csc(-c3cccs3)n2)c1. The summed E-state index contributed by atoms with van der Waals surface area (Å²) in [5.74, 6) is 0.0997. The molecule has 0 unspecified atom stereocenters. The Morgan fingerprint density at radius 1 is 1.15 bits per heavy atom. The van der Waals surface area contributed by atoms with E-state index in [0.29, 0.717) is 24.6 Å². The van der Waals surface area contributed by atoms with Crippen molar-refractivity contribution in [2.24, 2.45) is 5.92 Å². The molecule has 0 saturated carbocycles. The van der Waals surface area contributed by atoms with Crippen molar-refractivity contribution in [2.75, 3.05) is 5.32 Å². The summed E-state index contributed by atoms with van der Waals surface area (Å²) in [4.78, 5) is 29.7.